The van der Waals surface area contributed by atoms with Crippen LogP contribution in [-0.4, -0.2) is 32.0 Å². The van der Waals surface area contributed by atoms with Gasteiger partial charge in [-0.15, -0.1) is 0 Å². The standard InChI is InChI=1S/C12H15BClNO3/c1-12(2)8-6-16-4-3-7-10(8)13(18-12)17-9(5-15)11(7)14/h3-4,9H,5-6,15H2,1-2H3/t9-/m0/s1. The molecule has 0 saturated heterocycles. The molecule has 0 bridgehead atoms. The van der Waals surface area contributed by atoms with Crippen LogP contribution in [0.1, 0.15) is 13.8 Å². The number of hydrogen-bond acceptors (Lipinski definition) is 4. The first-order valence-corrected chi connectivity index (χ1v) is 6.37. The molecule has 0 unspecified atom stereocenters. The van der Waals surface area contributed by atoms with E-state index in [0.29, 0.717) is 18.2 Å². The van der Waals surface area contributed by atoms with Gasteiger partial charge < -0.3 is 19.8 Å². The summed E-state index contributed by atoms with van der Waals surface area (Å²) < 4.78 is 17.2. The minimum atomic E-state index is -0.405. The van der Waals surface area contributed by atoms with Gasteiger partial charge in [-0.25, -0.2) is 0 Å². The molecule has 96 valence electrons. The summed E-state index contributed by atoms with van der Waals surface area (Å²) in [6, 6.07) is 0. The third-order valence-electron chi connectivity index (χ3n) is 3.58. The highest BCUT2D eigenvalue weighted by Gasteiger charge is 2.50. The van der Waals surface area contributed by atoms with Gasteiger partial charge in [0.1, 0.15) is 6.61 Å². The molecule has 0 radical (unpaired) electrons. The normalized spacial score (nSPS) is 29.3. The van der Waals surface area contributed by atoms with Crippen molar-refractivity contribution in [3.8, 4) is 0 Å². The van der Waals surface area contributed by atoms with Crippen molar-refractivity contribution in [1.29, 1.82) is 0 Å². The minimum Gasteiger partial charge on any atom is -0.497 e. The fraction of sp³-hybridized carbons (Fsp3) is 0.500. The first-order valence-electron chi connectivity index (χ1n) is 5.99. The van der Waals surface area contributed by atoms with Gasteiger partial charge in [0.25, 0.3) is 0 Å². The Labute approximate surface area is 112 Å². The number of rotatable bonds is 1. The lowest BCUT2D eigenvalue weighted by Gasteiger charge is -2.28. The predicted molar refractivity (Wildman–Crippen MR) is 69.8 cm³/mol. The highest BCUT2D eigenvalue weighted by molar-refractivity contribution is 6.58. The topological polar surface area (TPSA) is 53.7 Å². The van der Waals surface area contributed by atoms with Crippen LogP contribution in [0.15, 0.2) is 34.0 Å². The Balaban J connectivity index is 2.17. The minimum absolute atomic E-state index is 0.312. The predicted octanol–water partition coefficient (Wildman–Crippen LogP) is 1.51. The second-order valence-electron chi connectivity index (χ2n) is 5.09. The monoisotopic (exact) mass is 267 g/mol. The number of halogens is 1. The van der Waals surface area contributed by atoms with E-state index < -0.39 is 12.7 Å². The SMILES string of the molecule is CC1(C)OB2O[C@@H](CN)C(Cl)=C3C=COCC1=C23. The van der Waals surface area contributed by atoms with Crippen molar-refractivity contribution in [3.05, 3.63) is 34.0 Å². The van der Waals surface area contributed by atoms with Crippen LogP contribution in [-0.2, 0) is 14.0 Å². The smallest absolute Gasteiger partial charge is 0.495 e. The zero-order valence-corrected chi connectivity index (χ0v) is 11.2. The molecular formula is C12H15BClNO3. The van der Waals surface area contributed by atoms with Crippen molar-refractivity contribution in [2.75, 3.05) is 13.2 Å². The van der Waals surface area contributed by atoms with Crippen molar-refractivity contribution in [3.63, 3.8) is 0 Å². The van der Waals surface area contributed by atoms with Crippen LogP contribution in [0, 0.1) is 0 Å². The summed E-state index contributed by atoms with van der Waals surface area (Å²) in [5.41, 5.74) is 8.30. The summed E-state index contributed by atoms with van der Waals surface area (Å²) >= 11 is 6.36. The van der Waals surface area contributed by atoms with Gasteiger partial charge >= 0.3 is 7.12 Å². The second-order valence-corrected chi connectivity index (χ2v) is 5.50. The molecule has 18 heavy (non-hydrogen) atoms. The fourth-order valence-electron chi connectivity index (χ4n) is 2.59. The van der Waals surface area contributed by atoms with Crippen molar-refractivity contribution in [2.45, 2.75) is 25.6 Å². The van der Waals surface area contributed by atoms with E-state index in [1.807, 2.05) is 19.9 Å². The van der Waals surface area contributed by atoms with Crippen LogP contribution in [0.25, 0.3) is 0 Å². The molecule has 1 atom stereocenters. The fourth-order valence-corrected chi connectivity index (χ4v) is 2.89. The Kier molecular flexibility index (Phi) is 2.82. The number of allylic oxidation sites excluding steroid dienone is 3. The van der Waals surface area contributed by atoms with E-state index in [2.05, 4.69) is 0 Å². The zero-order chi connectivity index (χ0) is 12.9. The van der Waals surface area contributed by atoms with E-state index in [1.54, 1.807) is 6.26 Å². The average molecular weight is 268 g/mol. The second kappa shape index (κ2) is 4.13. The maximum atomic E-state index is 6.36. The third kappa shape index (κ3) is 1.66. The van der Waals surface area contributed by atoms with E-state index in [-0.39, 0.29) is 6.10 Å². The molecule has 0 saturated carbocycles. The highest BCUT2D eigenvalue weighted by Crippen LogP contribution is 2.44. The van der Waals surface area contributed by atoms with Crippen LogP contribution in [0.2, 0.25) is 0 Å². The summed E-state index contributed by atoms with van der Waals surface area (Å²) in [7, 11) is -0.396. The molecule has 6 heteroatoms. The quantitative estimate of drug-likeness (QED) is 0.732. The largest absolute Gasteiger partial charge is 0.497 e. The summed E-state index contributed by atoms with van der Waals surface area (Å²) in [5, 5.41) is 0.629. The Hall–Kier alpha value is -0.745. The summed E-state index contributed by atoms with van der Waals surface area (Å²) in [6.07, 6.45) is 3.23. The van der Waals surface area contributed by atoms with Gasteiger partial charge in [-0.1, -0.05) is 11.6 Å². The molecule has 0 aliphatic carbocycles. The van der Waals surface area contributed by atoms with E-state index >= 15 is 0 Å². The molecule has 0 aromatic carbocycles. The zero-order valence-electron chi connectivity index (χ0n) is 10.4. The van der Waals surface area contributed by atoms with Crippen LogP contribution in [0.5, 0.6) is 0 Å². The highest BCUT2D eigenvalue weighted by atomic mass is 35.5. The summed E-state index contributed by atoms with van der Waals surface area (Å²) in [6.45, 7) is 4.85. The molecule has 0 aromatic rings. The van der Waals surface area contributed by atoms with E-state index in [9.17, 15) is 0 Å². The molecular weight excluding hydrogens is 252 g/mol. The molecule has 0 fully saturated rings. The van der Waals surface area contributed by atoms with E-state index in [4.69, 9.17) is 31.4 Å². The van der Waals surface area contributed by atoms with Crippen LogP contribution < -0.4 is 5.73 Å². The first-order chi connectivity index (χ1) is 8.54. The van der Waals surface area contributed by atoms with Crippen LogP contribution >= 0.6 is 11.6 Å². The van der Waals surface area contributed by atoms with Gasteiger partial charge in [0.05, 0.1) is 23.0 Å². The molecule has 3 aliphatic rings. The molecule has 3 heterocycles. The van der Waals surface area contributed by atoms with Crippen molar-refractivity contribution >= 4 is 18.7 Å². The van der Waals surface area contributed by atoms with E-state index in [0.717, 1.165) is 16.6 Å². The molecule has 0 amide bonds. The molecule has 0 spiro atoms. The van der Waals surface area contributed by atoms with Gasteiger partial charge in [0, 0.05) is 6.54 Å². The van der Waals surface area contributed by atoms with Gasteiger partial charge in [0.2, 0.25) is 0 Å². The van der Waals surface area contributed by atoms with Crippen LogP contribution in [0.3, 0.4) is 0 Å². The molecule has 3 rings (SSSR count). The van der Waals surface area contributed by atoms with Gasteiger partial charge in [0.15, 0.2) is 0 Å². The number of ether oxygens (including phenoxy) is 1. The Bertz CT molecular complexity index is 484. The van der Waals surface area contributed by atoms with Gasteiger partial charge in [-0.05, 0) is 36.5 Å². The molecule has 0 aromatic heterocycles. The average Bonchev–Trinajstić information content (AvgIpc) is 2.52. The van der Waals surface area contributed by atoms with Gasteiger partial charge in [-0.3, -0.25) is 0 Å². The van der Waals surface area contributed by atoms with Crippen LogP contribution in [0.4, 0.5) is 0 Å². The van der Waals surface area contributed by atoms with Gasteiger partial charge in [-0.2, -0.15) is 0 Å². The maximum Gasteiger partial charge on any atom is 0.495 e. The van der Waals surface area contributed by atoms with Crippen molar-refractivity contribution < 1.29 is 14.0 Å². The number of nitrogens with two attached hydrogens (primary N) is 1. The Morgan fingerprint density at radius 2 is 2.33 bits per heavy atom. The maximum absolute atomic E-state index is 6.36. The van der Waals surface area contributed by atoms with Crippen molar-refractivity contribution in [1.82, 2.24) is 0 Å². The van der Waals surface area contributed by atoms with Crippen molar-refractivity contribution in [2.24, 2.45) is 5.73 Å². The lowest BCUT2D eigenvalue weighted by molar-refractivity contribution is 0.0913. The third-order valence-corrected chi connectivity index (χ3v) is 4.03. The van der Waals surface area contributed by atoms with E-state index in [1.165, 1.54) is 0 Å². The Morgan fingerprint density at radius 3 is 3.06 bits per heavy atom. The summed E-state index contributed by atoms with van der Waals surface area (Å²) in [5.74, 6) is 0. The molecule has 3 aliphatic heterocycles. The number of hydrogen-bond donors (Lipinski definition) is 1. The molecule has 4 nitrogen and oxygen atoms in total. The lowest BCUT2D eigenvalue weighted by atomic mass is 9.70. The summed E-state index contributed by atoms with van der Waals surface area (Å²) in [4.78, 5) is 0. The first kappa shape index (κ1) is 12.3. The molecule has 2 N–H and O–H groups in total. The lowest BCUT2D eigenvalue weighted by Crippen LogP contribution is -2.39. The Morgan fingerprint density at radius 1 is 1.56 bits per heavy atom.